The number of carboxylic acid groups (broad SMARTS) is 1. The fraction of sp³-hybridized carbons (Fsp3) is 0.525. The Balaban J connectivity index is 1.46. The van der Waals surface area contributed by atoms with Crippen LogP contribution in [0.5, 0.6) is 5.75 Å². The van der Waals surface area contributed by atoms with Crippen molar-refractivity contribution in [3.63, 3.8) is 0 Å². The van der Waals surface area contributed by atoms with Crippen LogP contribution in [0.3, 0.4) is 0 Å². The van der Waals surface area contributed by atoms with E-state index in [1.165, 1.54) is 4.31 Å². The van der Waals surface area contributed by atoms with Gasteiger partial charge in [0.25, 0.3) is 0 Å². The molecule has 284 valence electrons. The van der Waals surface area contributed by atoms with Crippen molar-refractivity contribution in [2.24, 2.45) is 5.92 Å². The molecule has 0 aliphatic carbocycles. The van der Waals surface area contributed by atoms with Gasteiger partial charge in [0.15, 0.2) is 0 Å². The number of benzene rings is 3. The van der Waals surface area contributed by atoms with Crippen LogP contribution in [0.2, 0.25) is 0 Å². The average Bonchev–Trinajstić information content (AvgIpc) is 3.15. The molecule has 4 atom stereocenters. The Bertz CT molecular complexity index is 1680. The van der Waals surface area contributed by atoms with Gasteiger partial charge in [0.2, 0.25) is 10.0 Å². The van der Waals surface area contributed by atoms with Crippen molar-refractivity contribution < 1.29 is 42.0 Å². The van der Waals surface area contributed by atoms with Crippen LogP contribution in [-0.4, -0.2) is 96.2 Å². The maximum atomic E-state index is 14.4. The third-order valence-corrected chi connectivity index (χ3v) is 12.0. The minimum absolute atomic E-state index is 0.0840. The Kier molecular flexibility index (Phi) is 14.5. The van der Waals surface area contributed by atoms with Crippen LogP contribution in [0.25, 0.3) is 0 Å². The van der Waals surface area contributed by atoms with E-state index in [0.29, 0.717) is 45.9 Å². The number of carboxylic acids is 1. The third-order valence-electron chi connectivity index (χ3n) is 10.1. The van der Waals surface area contributed by atoms with Crippen molar-refractivity contribution in [2.45, 2.75) is 75.7 Å². The molecule has 3 aromatic carbocycles. The van der Waals surface area contributed by atoms with Gasteiger partial charge in [-0.15, -0.1) is 0 Å². The summed E-state index contributed by atoms with van der Waals surface area (Å²) in [5.74, 6) is -0.960. The average molecular weight is 739 g/mol. The zero-order valence-corrected chi connectivity index (χ0v) is 31.7. The van der Waals surface area contributed by atoms with Gasteiger partial charge >= 0.3 is 5.97 Å². The zero-order chi connectivity index (χ0) is 37.1. The monoisotopic (exact) mass is 738 g/mol. The molecule has 11 nitrogen and oxygen atoms in total. The second kappa shape index (κ2) is 19.0. The molecule has 0 spiro atoms. The highest BCUT2D eigenvalue weighted by molar-refractivity contribution is 7.89. The molecular weight excluding hydrogens is 685 g/mol. The van der Waals surface area contributed by atoms with Gasteiger partial charge in [-0.3, -0.25) is 4.79 Å². The van der Waals surface area contributed by atoms with Gasteiger partial charge in [0.1, 0.15) is 12.4 Å². The summed E-state index contributed by atoms with van der Waals surface area (Å²) in [4.78, 5) is 14.8. The summed E-state index contributed by atoms with van der Waals surface area (Å²) in [7, 11) is -0.636. The molecule has 1 unspecified atom stereocenters. The van der Waals surface area contributed by atoms with E-state index >= 15 is 0 Å². The summed E-state index contributed by atoms with van der Waals surface area (Å²) >= 11 is 0. The molecule has 1 saturated heterocycles. The lowest BCUT2D eigenvalue weighted by Gasteiger charge is -2.44. The molecule has 52 heavy (non-hydrogen) atoms. The van der Waals surface area contributed by atoms with Crippen LogP contribution in [0, 0.1) is 12.8 Å². The number of ether oxygens (including phenoxy) is 5. The van der Waals surface area contributed by atoms with E-state index < -0.39 is 34.1 Å². The standard InChI is InChI=1S/C40H54N2O9S/c1-5-32(40(43)44)24-34-25-36(33-12-9-30(10-13-33)27-49-22-21-48-4)39(26-42(34)52(45,46)35-14-7-29(2)8-15-35)51-28-31-11-16-38-37(23-31)41(18-20-50-38)17-6-19-47-3/h7-16,23,32,34,36,39H,5-6,17-22,24-28H2,1-4H3,(H,43,44)/t32?,34-,36-,39+/m1/s1. The van der Waals surface area contributed by atoms with E-state index in [1.807, 2.05) is 38.1 Å². The number of hydrogen-bond donors (Lipinski definition) is 1. The van der Waals surface area contributed by atoms with Crippen molar-refractivity contribution in [1.82, 2.24) is 4.31 Å². The molecule has 0 amide bonds. The van der Waals surface area contributed by atoms with Crippen molar-refractivity contribution in [2.75, 3.05) is 65.2 Å². The fourth-order valence-corrected chi connectivity index (χ4v) is 8.76. The van der Waals surface area contributed by atoms with E-state index in [9.17, 15) is 18.3 Å². The molecule has 0 radical (unpaired) electrons. The molecular formula is C40H54N2O9S. The van der Waals surface area contributed by atoms with Gasteiger partial charge in [-0.25, -0.2) is 8.42 Å². The Morgan fingerprint density at radius 2 is 1.69 bits per heavy atom. The number of fused-ring (bicyclic) bond motifs is 1. The number of carbonyl (C=O) groups is 1. The Morgan fingerprint density at radius 3 is 2.38 bits per heavy atom. The molecule has 2 aliphatic rings. The molecule has 0 aromatic heterocycles. The van der Waals surface area contributed by atoms with E-state index in [0.717, 1.165) is 53.2 Å². The number of aryl methyl sites for hydroxylation is 1. The van der Waals surface area contributed by atoms with Crippen molar-refractivity contribution in [1.29, 1.82) is 0 Å². The van der Waals surface area contributed by atoms with Crippen molar-refractivity contribution in [3.8, 4) is 5.75 Å². The first-order valence-electron chi connectivity index (χ1n) is 18.2. The normalized spacial score (nSPS) is 19.9. The van der Waals surface area contributed by atoms with E-state index in [4.69, 9.17) is 23.7 Å². The summed E-state index contributed by atoms with van der Waals surface area (Å²) < 4.78 is 59.1. The lowest BCUT2D eigenvalue weighted by atomic mass is 9.81. The molecule has 0 bridgehead atoms. The van der Waals surface area contributed by atoms with Gasteiger partial charge < -0.3 is 33.7 Å². The highest BCUT2D eigenvalue weighted by Gasteiger charge is 2.44. The van der Waals surface area contributed by atoms with E-state index in [2.05, 4.69) is 23.1 Å². The Labute approximate surface area is 308 Å². The number of rotatable bonds is 19. The molecule has 12 heteroatoms. The highest BCUT2D eigenvalue weighted by atomic mass is 32.2. The lowest BCUT2D eigenvalue weighted by Crippen LogP contribution is -2.53. The number of piperidine rings is 1. The van der Waals surface area contributed by atoms with Crippen LogP contribution in [0.1, 0.15) is 60.8 Å². The maximum absolute atomic E-state index is 14.4. The van der Waals surface area contributed by atoms with E-state index in [1.54, 1.807) is 38.5 Å². The van der Waals surface area contributed by atoms with Crippen LogP contribution in [0.4, 0.5) is 5.69 Å². The van der Waals surface area contributed by atoms with Gasteiger partial charge in [0.05, 0.1) is 55.6 Å². The van der Waals surface area contributed by atoms with Crippen LogP contribution < -0.4 is 9.64 Å². The number of anilines is 1. The first kappa shape index (κ1) is 39.7. The maximum Gasteiger partial charge on any atom is 0.306 e. The predicted octanol–water partition coefficient (Wildman–Crippen LogP) is 6.03. The molecule has 2 aliphatic heterocycles. The topological polar surface area (TPSA) is 124 Å². The second-order valence-corrected chi connectivity index (χ2v) is 15.6. The number of sulfonamides is 1. The number of aliphatic carboxylic acids is 1. The second-order valence-electron chi connectivity index (χ2n) is 13.7. The summed E-state index contributed by atoms with van der Waals surface area (Å²) in [6.07, 6.45) is 1.41. The molecule has 1 N–H and O–H groups in total. The number of methoxy groups -OCH3 is 2. The van der Waals surface area contributed by atoms with Gasteiger partial charge in [-0.1, -0.05) is 55.0 Å². The Hall–Kier alpha value is -3.52. The van der Waals surface area contributed by atoms with Crippen LogP contribution in [0.15, 0.2) is 71.6 Å². The van der Waals surface area contributed by atoms with Crippen molar-refractivity contribution in [3.05, 3.63) is 89.0 Å². The van der Waals surface area contributed by atoms with E-state index in [-0.39, 0.29) is 30.4 Å². The summed E-state index contributed by atoms with van der Waals surface area (Å²) in [6.45, 7) is 8.46. The van der Waals surface area contributed by atoms with Crippen LogP contribution >= 0.6 is 0 Å². The molecule has 3 aromatic rings. The summed E-state index contributed by atoms with van der Waals surface area (Å²) in [5, 5.41) is 10.1. The minimum Gasteiger partial charge on any atom is -0.490 e. The minimum atomic E-state index is -3.98. The summed E-state index contributed by atoms with van der Waals surface area (Å²) in [5.41, 5.74) is 4.93. The zero-order valence-electron chi connectivity index (χ0n) is 30.9. The molecule has 2 heterocycles. The first-order valence-corrected chi connectivity index (χ1v) is 19.7. The SMILES string of the molecule is CCC(C[C@@H]1C[C@H](c2ccc(COCCOC)cc2)[C@@H](OCc2ccc3c(c2)N(CCCOC)CCO3)CN1S(=O)(=O)c1ccc(C)cc1)C(=O)O. The van der Waals surface area contributed by atoms with Gasteiger partial charge in [-0.2, -0.15) is 4.31 Å². The number of nitrogens with zero attached hydrogens (tertiary/aromatic N) is 2. The quantitative estimate of drug-likeness (QED) is 0.146. The van der Waals surface area contributed by atoms with Gasteiger partial charge in [0, 0.05) is 45.9 Å². The fourth-order valence-electron chi connectivity index (χ4n) is 7.10. The largest absolute Gasteiger partial charge is 0.490 e. The Morgan fingerprint density at radius 1 is 0.962 bits per heavy atom. The van der Waals surface area contributed by atoms with Crippen molar-refractivity contribution >= 4 is 21.7 Å². The summed E-state index contributed by atoms with van der Waals surface area (Å²) in [6, 6.07) is 20.5. The predicted molar refractivity (Wildman–Crippen MR) is 199 cm³/mol. The third kappa shape index (κ3) is 10.1. The highest BCUT2D eigenvalue weighted by Crippen LogP contribution is 2.40. The molecule has 0 saturated carbocycles. The number of hydrogen-bond acceptors (Lipinski definition) is 9. The first-order chi connectivity index (χ1) is 25.1. The lowest BCUT2D eigenvalue weighted by molar-refractivity contribution is -0.142. The smallest absolute Gasteiger partial charge is 0.306 e. The molecule has 1 fully saturated rings. The van der Waals surface area contributed by atoms with Gasteiger partial charge in [-0.05, 0) is 73.6 Å². The van der Waals surface area contributed by atoms with Crippen LogP contribution in [-0.2, 0) is 47.0 Å². The molecule has 5 rings (SSSR count).